The fourth-order valence-corrected chi connectivity index (χ4v) is 2.65. The molecule has 0 spiro atoms. The van der Waals surface area contributed by atoms with Crippen molar-refractivity contribution in [2.24, 2.45) is 0 Å². The van der Waals surface area contributed by atoms with Crippen LogP contribution < -0.4 is 0 Å². The second kappa shape index (κ2) is 5.54. The second-order valence-corrected chi connectivity index (χ2v) is 5.32. The number of aldehydes is 1. The number of para-hydroxylation sites is 1. The quantitative estimate of drug-likeness (QED) is 0.501. The van der Waals surface area contributed by atoms with Crippen molar-refractivity contribution in [1.29, 1.82) is 0 Å². The number of fused-ring (bicyclic) bond motifs is 1. The summed E-state index contributed by atoms with van der Waals surface area (Å²) in [6, 6.07) is 21.7. The van der Waals surface area contributed by atoms with Crippen LogP contribution >= 0.6 is 0 Å². The van der Waals surface area contributed by atoms with Gasteiger partial charge in [-0.2, -0.15) is 0 Å². The first kappa shape index (κ1) is 13.5. The molecule has 3 nitrogen and oxygen atoms in total. The Kier molecular flexibility index (Phi) is 3.24. The molecule has 0 aliphatic carbocycles. The number of aromatic nitrogens is 1. The molecule has 0 N–H and O–H groups in total. The molecular weight excluding hydrogens is 286 g/mol. The first-order chi connectivity index (χ1) is 11.3. The molecule has 0 amide bonds. The zero-order valence-corrected chi connectivity index (χ0v) is 12.3. The topological polar surface area (TPSA) is 43.1 Å². The van der Waals surface area contributed by atoms with Crippen LogP contribution in [0.2, 0.25) is 0 Å². The maximum Gasteiger partial charge on any atom is 0.185 e. The molecule has 0 fully saturated rings. The van der Waals surface area contributed by atoms with Gasteiger partial charge in [-0.05, 0) is 35.9 Å². The van der Waals surface area contributed by atoms with Gasteiger partial charge in [0, 0.05) is 22.7 Å². The summed E-state index contributed by atoms with van der Waals surface area (Å²) in [5.74, 6) is 1.01. The van der Waals surface area contributed by atoms with Crippen molar-refractivity contribution >= 4 is 17.2 Å². The van der Waals surface area contributed by atoms with E-state index >= 15 is 0 Å². The van der Waals surface area contributed by atoms with E-state index in [-0.39, 0.29) is 0 Å². The Hall–Kier alpha value is -3.20. The number of rotatable bonds is 3. The SMILES string of the molecule is O=Cc1ccc(-c2cccc(-c3cnc4ccccc4c3)c2)o1. The van der Waals surface area contributed by atoms with Crippen LogP contribution in [-0.4, -0.2) is 11.3 Å². The van der Waals surface area contributed by atoms with E-state index in [1.165, 1.54) is 0 Å². The maximum atomic E-state index is 10.8. The minimum Gasteiger partial charge on any atom is -0.453 e. The van der Waals surface area contributed by atoms with Crippen LogP contribution in [0.5, 0.6) is 0 Å². The molecule has 0 unspecified atom stereocenters. The third kappa shape index (κ3) is 2.53. The number of hydrogen-bond donors (Lipinski definition) is 0. The molecule has 3 heteroatoms. The monoisotopic (exact) mass is 299 g/mol. The summed E-state index contributed by atoms with van der Waals surface area (Å²) in [6.45, 7) is 0. The van der Waals surface area contributed by atoms with Crippen LogP contribution in [0.15, 0.2) is 77.3 Å². The fraction of sp³-hybridized carbons (Fsp3) is 0. The van der Waals surface area contributed by atoms with E-state index < -0.39 is 0 Å². The van der Waals surface area contributed by atoms with E-state index in [0.717, 1.165) is 27.6 Å². The van der Waals surface area contributed by atoms with Crippen molar-refractivity contribution in [2.45, 2.75) is 0 Å². The molecule has 23 heavy (non-hydrogen) atoms. The summed E-state index contributed by atoms with van der Waals surface area (Å²) in [5, 5.41) is 1.11. The molecule has 0 bridgehead atoms. The van der Waals surface area contributed by atoms with E-state index in [4.69, 9.17) is 4.42 Å². The molecule has 2 aromatic heterocycles. The first-order valence-corrected chi connectivity index (χ1v) is 7.34. The second-order valence-electron chi connectivity index (χ2n) is 5.32. The van der Waals surface area contributed by atoms with E-state index in [0.29, 0.717) is 17.8 Å². The average molecular weight is 299 g/mol. The van der Waals surface area contributed by atoms with Crippen LogP contribution in [0.3, 0.4) is 0 Å². The van der Waals surface area contributed by atoms with Crippen molar-refractivity contribution < 1.29 is 9.21 Å². The zero-order valence-electron chi connectivity index (χ0n) is 12.3. The van der Waals surface area contributed by atoms with Gasteiger partial charge < -0.3 is 4.42 Å². The predicted molar refractivity (Wildman–Crippen MR) is 90.3 cm³/mol. The number of furan rings is 1. The van der Waals surface area contributed by atoms with Crippen LogP contribution in [0, 0.1) is 0 Å². The highest BCUT2D eigenvalue weighted by Crippen LogP contribution is 2.28. The molecule has 0 aliphatic heterocycles. The Morgan fingerprint density at radius 3 is 2.57 bits per heavy atom. The number of pyridine rings is 1. The zero-order chi connectivity index (χ0) is 15.6. The van der Waals surface area contributed by atoms with E-state index in [1.54, 1.807) is 6.07 Å². The van der Waals surface area contributed by atoms with Gasteiger partial charge in [-0.1, -0.05) is 36.4 Å². The lowest BCUT2D eigenvalue weighted by Crippen LogP contribution is -1.84. The Bertz CT molecular complexity index is 1000. The highest BCUT2D eigenvalue weighted by Gasteiger charge is 2.07. The lowest BCUT2D eigenvalue weighted by Gasteiger charge is -2.05. The molecule has 2 aromatic carbocycles. The van der Waals surface area contributed by atoms with Gasteiger partial charge in [0.1, 0.15) is 5.76 Å². The van der Waals surface area contributed by atoms with E-state index in [2.05, 4.69) is 17.1 Å². The number of benzene rings is 2. The first-order valence-electron chi connectivity index (χ1n) is 7.34. The maximum absolute atomic E-state index is 10.8. The lowest BCUT2D eigenvalue weighted by molar-refractivity contribution is 0.110. The third-order valence-corrected chi connectivity index (χ3v) is 3.81. The summed E-state index contributed by atoms with van der Waals surface area (Å²) in [7, 11) is 0. The Balaban J connectivity index is 1.78. The summed E-state index contributed by atoms with van der Waals surface area (Å²) in [5.41, 5.74) is 4.02. The van der Waals surface area contributed by atoms with Gasteiger partial charge in [0.2, 0.25) is 0 Å². The minimum absolute atomic E-state index is 0.331. The van der Waals surface area contributed by atoms with Crippen LogP contribution in [-0.2, 0) is 0 Å². The van der Waals surface area contributed by atoms with Crippen molar-refractivity contribution in [1.82, 2.24) is 4.98 Å². The molecule has 0 saturated heterocycles. The third-order valence-electron chi connectivity index (χ3n) is 3.81. The van der Waals surface area contributed by atoms with Gasteiger partial charge in [-0.15, -0.1) is 0 Å². The summed E-state index contributed by atoms with van der Waals surface area (Å²) >= 11 is 0. The molecule has 0 radical (unpaired) electrons. The Morgan fingerprint density at radius 1 is 0.826 bits per heavy atom. The summed E-state index contributed by atoms with van der Waals surface area (Å²) < 4.78 is 5.50. The molecule has 4 aromatic rings. The van der Waals surface area contributed by atoms with Crippen molar-refractivity contribution in [3.8, 4) is 22.5 Å². The molecule has 2 heterocycles. The van der Waals surface area contributed by atoms with Crippen molar-refractivity contribution in [3.05, 3.63) is 78.7 Å². The molecule has 4 rings (SSSR count). The molecule has 0 atom stereocenters. The van der Waals surface area contributed by atoms with Crippen LogP contribution in [0.25, 0.3) is 33.4 Å². The Morgan fingerprint density at radius 2 is 1.70 bits per heavy atom. The fourth-order valence-electron chi connectivity index (χ4n) is 2.65. The highest BCUT2D eigenvalue weighted by atomic mass is 16.3. The van der Waals surface area contributed by atoms with E-state index in [1.807, 2.05) is 54.7 Å². The molecule has 0 aliphatic rings. The van der Waals surface area contributed by atoms with Crippen molar-refractivity contribution in [2.75, 3.05) is 0 Å². The number of hydrogen-bond acceptors (Lipinski definition) is 3. The average Bonchev–Trinajstić information content (AvgIpc) is 3.11. The summed E-state index contributed by atoms with van der Waals surface area (Å²) in [4.78, 5) is 15.3. The van der Waals surface area contributed by atoms with Gasteiger partial charge in [-0.25, -0.2) is 0 Å². The standard InChI is InChI=1S/C20H13NO2/c22-13-18-8-9-20(23-18)16-6-3-5-14(10-16)17-11-15-4-1-2-7-19(15)21-12-17/h1-13H. The van der Waals surface area contributed by atoms with Crippen molar-refractivity contribution in [3.63, 3.8) is 0 Å². The molecular formula is C20H13NO2. The van der Waals surface area contributed by atoms with Gasteiger partial charge in [-0.3, -0.25) is 9.78 Å². The normalized spacial score (nSPS) is 10.8. The molecule has 0 saturated carbocycles. The van der Waals surface area contributed by atoms with Gasteiger partial charge >= 0.3 is 0 Å². The van der Waals surface area contributed by atoms with Gasteiger partial charge in [0.25, 0.3) is 0 Å². The number of carbonyl (C=O) groups is 1. The van der Waals surface area contributed by atoms with Crippen LogP contribution in [0.4, 0.5) is 0 Å². The smallest absolute Gasteiger partial charge is 0.185 e. The van der Waals surface area contributed by atoms with Crippen LogP contribution in [0.1, 0.15) is 10.6 Å². The Labute approximate surface area is 133 Å². The largest absolute Gasteiger partial charge is 0.453 e. The highest BCUT2D eigenvalue weighted by molar-refractivity contribution is 5.84. The predicted octanol–water partition coefficient (Wildman–Crippen LogP) is 4.97. The number of nitrogens with zero attached hydrogens (tertiary/aromatic N) is 1. The lowest BCUT2D eigenvalue weighted by atomic mass is 10.0. The van der Waals surface area contributed by atoms with Gasteiger partial charge in [0.05, 0.1) is 5.52 Å². The minimum atomic E-state index is 0.331. The summed E-state index contributed by atoms with van der Waals surface area (Å²) in [6.07, 6.45) is 2.58. The number of carbonyl (C=O) groups excluding carboxylic acids is 1. The van der Waals surface area contributed by atoms with Gasteiger partial charge in [0.15, 0.2) is 12.0 Å². The molecule has 110 valence electrons. The van der Waals surface area contributed by atoms with E-state index in [9.17, 15) is 4.79 Å².